The highest BCUT2D eigenvalue weighted by atomic mass is 35.5. The van der Waals surface area contributed by atoms with Gasteiger partial charge in [0, 0.05) is 18.1 Å². The van der Waals surface area contributed by atoms with Gasteiger partial charge in [-0.3, -0.25) is 0 Å². The molecule has 1 aliphatic rings. The fourth-order valence-corrected chi connectivity index (χ4v) is 2.77. The summed E-state index contributed by atoms with van der Waals surface area (Å²) in [7, 11) is 1.59. The Hall–Kier alpha value is -1.42. The first-order valence-corrected chi connectivity index (χ1v) is 7.31. The van der Waals surface area contributed by atoms with Gasteiger partial charge in [-0.15, -0.1) is 0 Å². The summed E-state index contributed by atoms with van der Waals surface area (Å²) in [6, 6.07) is 10.8. The lowest BCUT2D eigenvalue weighted by molar-refractivity contribution is 0.0655. The molecule has 2 aromatic rings. The maximum absolute atomic E-state index is 10.3. The summed E-state index contributed by atoms with van der Waals surface area (Å²) in [4.78, 5) is 0. The van der Waals surface area contributed by atoms with Crippen LogP contribution in [0.1, 0.15) is 29.8 Å². The molecule has 0 aromatic heterocycles. The van der Waals surface area contributed by atoms with E-state index in [0.29, 0.717) is 28.0 Å². The molecular formula is C16H14Cl2O3. The van der Waals surface area contributed by atoms with E-state index in [4.69, 9.17) is 32.7 Å². The van der Waals surface area contributed by atoms with Gasteiger partial charge in [-0.25, -0.2) is 0 Å². The van der Waals surface area contributed by atoms with Crippen molar-refractivity contribution < 1.29 is 14.6 Å². The summed E-state index contributed by atoms with van der Waals surface area (Å²) in [6.45, 7) is 0. The summed E-state index contributed by atoms with van der Waals surface area (Å²) in [5, 5.41) is 11.3. The Morgan fingerprint density at radius 1 is 1.14 bits per heavy atom. The molecule has 2 aromatic carbocycles. The van der Waals surface area contributed by atoms with Crippen LogP contribution in [0.15, 0.2) is 36.4 Å². The molecule has 0 spiro atoms. The number of aliphatic hydroxyl groups is 1. The van der Waals surface area contributed by atoms with Crippen molar-refractivity contribution in [3.63, 3.8) is 0 Å². The Morgan fingerprint density at radius 3 is 2.67 bits per heavy atom. The second kappa shape index (κ2) is 5.76. The number of aliphatic hydroxyl groups excluding tert-OH is 1. The normalized spacial score (nSPS) is 20.6. The highest BCUT2D eigenvalue weighted by molar-refractivity contribution is 6.42. The molecule has 21 heavy (non-hydrogen) atoms. The van der Waals surface area contributed by atoms with Gasteiger partial charge >= 0.3 is 0 Å². The predicted octanol–water partition coefficient (Wildman–Crippen LogP) is 4.56. The maximum Gasteiger partial charge on any atom is 0.129 e. The van der Waals surface area contributed by atoms with Gasteiger partial charge in [-0.1, -0.05) is 29.3 Å². The molecule has 1 aliphatic heterocycles. The van der Waals surface area contributed by atoms with Crippen LogP contribution in [0.2, 0.25) is 10.0 Å². The van der Waals surface area contributed by atoms with E-state index in [1.165, 1.54) is 0 Å². The first-order valence-electron chi connectivity index (χ1n) is 6.56. The van der Waals surface area contributed by atoms with Crippen molar-refractivity contribution in [1.82, 2.24) is 0 Å². The summed E-state index contributed by atoms with van der Waals surface area (Å²) in [6.07, 6.45) is -0.384. The first-order chi connectivity index (χ1) is 10.1. The Labute approximate surface area is 133 Å². The molecule has 110 valence electrons. The highest BCUT2D eigenvalue weighted by Gasteiger charge is 2.28. The van der Waals surface area contributed by atoms with E-state index >= 15 is 0 Å². The monoisotopic (exact) mass is 324 g/mol. The number of methoxy groups -OCH3 is 1. The van der Waals surface area contributed by atoms with Crippen LogP contribution in [-0.2, 0) is 0 Å². The van der Waals surface area contributed by atoms with Crippen LogP contribution in [-0.4, -0.2) is 12.2 Å². The molecule has 5 heteroatoms. The molecule has 1 N–H and O–H groups in total. The average molecular weight is 325 g/mol. The number of rotatable bonds is 2. The summed E-state index contributed by atoms with van der Waals surface area (Å²) < 4.78 is 11.2. The van der Waals surface area contributed by atoms with Crippen molar-refractivity contribution in [1.29, 1.82) is 0 Å². The molecule has 0 radical (unpaired) electrons. The zero-order valence-corrected chi connectivity index (χ0v) is 12.9. The van der Waals surface area contributed by atoms with Crippen molar-refractivity contribution in [2.24, 2.45) is 0 Å². The molecule has 2 unspecified atom stereocenters. The lowest BCUT2D eigenvalue weighted by Crippen LogP contribution is -2.19. The zero-order valence-electron chi connectivity index (χ0n) is 11.3. The van der Waals surface area contributed by atoms with E-state index in [-0.39, 0.29) is 6.10 Å². The van der Waals surface area contributed by atoms with Crippen LogP contribution in [0.25, 0.3) is 0 Å². The van der Waals surface area contributed by atoms with Gasteiger partial charge in [0.1, 0.15) is 17.6 Å². The molecule has 3 nitrogen and oxygen atoms in total. The van der Waals surface area contributed by atoms with Crippen LogP contribution in [0.5, 0.6) is 11.5 Å². The molecule has 0 saturated carbocycles. The van der Waals surface area contributed by atoms with Gasteiger partial charge < -0.3 is 14.6 Å². The molecule has 3 rings (SSSR count). The maximum atomic E-state index is 10.3. The molecule has 2 atom stereocenters. The van der Waals surface area contributed by atoms with Crippen LogP contribution >= 0.6 is 23.2 Å². The highest BCUT2D eigenvalue weighted by Crippen LogP contribution is 2.42. The minimum Gasteiger partial charge on any atom is -0.497 e. The smallest absolute Gasteiger partial charge is 0.129 e. The van der Waals surface area contributed by atoms with Crippen molar-refractivity contribution in [2.75, 3.05) is 7.11 Å². The Morgan fingerprint density at radius 2 is 1.95 bits per heavy atom. The molecule has 1 heterocycles. The second-order valence-electron chi connectivity index (χ2n) is 4.94. The number of halogens is 2. The standard InChI is InChI=1S/C16H14Cl2O3/c1-20-10-3-4-11-14(19)8-15(21-16(11)7-10)9-2-5-12(17)13(18)6-9/h2-7,14-15,19H,8H2,1H3. The van der Waals surface area contributed by atoms with Crippen molar-refractivity contribution >= 4 is 23.2 Å². The van der Waals surface area contributed by atoms with Crippen LogP contribution in [0.4, 0.5) is 0 Å². The Kier molecular flexibility index (Phi) is 3.98. The minimum atomic E-state index is -0.584. The predicted molar refractivity (Wildman–Crippen MR) is 82.4 cm³/mol. The van der Waals surface area contributed by atoms with Gasteiger partial charge in [0.25, 0.3) is 0 Å². The third kappa shape index (κ3) is 2.82. The van der Waals surface area contributed by atoms with Crippen LogP contribution in [0, 0.1) is 0 Å². The van der Waals surface area contributed by atoms with Gasteiger partial charge in [0.2, 0.25) is 0 Å². The quantitative estimate of drug-likeness (QED) is 0.880. The number of fused-ring (bicyclic) bond motifs is 1. The molecule has 0 bridgehead atoms. The Bertz CT molecular complexity index is 673. The molecule has 0 saturated heterocycles. The zero-order chi connectivity index (χ0) is 15.0. The van der Waals surface area contributed by atoms with Crippen molar-refractivity contribution in [3.05, 3.63) is 57.6 Å². The third-order valence-electron chi connectivity index (χ3n) is 3.60. The second-order valence-corrected chi connectivity index (χ2v) is 5.75. The molecule has 0 fully saturated rings. The van der Waals surface area contributed by atoms with E-state index in [1.54, 1.807) is 25.3 Å². The average Bonchev–Trinajstić information content (AvgIpc) is 2.49. The van der Waals surface area contributed by atoms with E-state index in [2.05, 4.69) is 0 Å². The Balaban J connectivity index is 1.94. The van der Waals surface area contributed by atoms with Gasteiger partial charge in [0.05, 0.1) is 23.3 Å². The fraction of sp³-hybridized carbons (Fsp3) is 0.250. The summed E-state index contributed by atoms with van der Waals surface area (Å²) in [5.41, 5.74) is 1.66. The van der Waals surface area contributed by atoms with Gasteiger partial charge in [-0.2, -0.15) is 0 Å². The lowest BCUT2D eigenvalue weighted by Gasteiger charge is -2.30. The number of hydrogen-bond donors (Lipinski definition) is 1. The van der Waals surface area contributed by atoms with Crippen molar-refractivity contribution in [3.8, 4) is 11.5 Å². The summed E-state index contributed by atoms with van der Waals surface area (Å²) in [5.74, 6) is 1.32. The van der Waals surface area contributed by atoms with E-state index in [1.807, 2.05) is 18.2 Å². The molecule has 0 aliphatic carbocycles. The lowest BCUT2D eigenvalue weighted by atomic mass is 9.95. The largest absolute Gasteiger partial charge is 0.497 e. The van der Waals surface area contributed by atoms with E-state index in [9.17, 15) is 5.11 Å². The van der Waals surface area contributed by atoms with Crippen LogP contribution in [0.3, 0.4) is 0 Å². The SMILES string of the molecule is COc1ccc2c(c1)OC(c1ccc(Cl)c(Cl)c1)CC2O. The minimum absolute atomic E-state index is 0.269. The van der Waals surface area contributed by atoms with Crippen molar-refractivity contribution in [2.45, 2.75) is 18.6 Å². The van der Waals surface area contributed by atoms with Gasteiger partial charge in [0.15, 0.2) is 0 Å². The molecule has 0 amide bonds. The number of benzene rings is 2. The van der Waals surface area contributed by atoms with Gasteiger partial charge in [-0.05, 0) is 29.8 Å². The first kappa shape index (κ1) is 14.5. The topological polar surface area (TPSA) is 38.7 Å². The fourth-order valence-electron chi connectivity index (χ4n) is 2.47. The number of hydrogen-bond acceptors (Lipinski definition) is 3. The third-order valence-corrected chi connectivity index (χ3v) is 4.34. The molecular weight excluding hydrogens is 311 g/mol. The number of ether oxygens (including phenoxy) is 2. The summed E-state index contributed by atoms with van der Waals surface area (Å²) >= 11 is 12.0. The van der Waals surface area contributed by atoms with E-state index in [0.717, 1.165) is 11.1 Å². The van der Waals surface area contributed by atoms with Crippen LogP contribution < -0.4 is 9.47 Å². The van der Waals surface area contributed by atoms with E-state index < -0.39 is 6.10 Å².